The first-order valence-corrected chi connectivity index (χ1v) is 11.5. The van der Waals surface area contributed by atoms with E-state index in [2.05, 4.69) is 22.4 Å². The third-order valence-electron chi connectivity index (χ3n) is 5.91. The Morgan fingerprint density at radius 3 is 2.71 bits per heavy atom. The summed E-state index contributed by atoms with van der Waals surface area (Å²) in [4.78, 5) is 27.2. The van der Waals surface area contributed by atoms with Gasteiger partial charge in [-0.25, -0.2) is 0 Å². The minimum Gasteiger partial charge on any atom is -0.492 e. The van der Waals surface area contributed by atoms with Gasteiger partial charge in [-0.2, -0.15) is 9.78 Å². The highest BCUT2D eigenvalue weighted by Crippen LogP contribution is 2.15. The lowest BCUT2D eigenvalue weighted by Crippen LogP contribution is -2.38. The van der Waals surface area contributed by atoms with E-state index in [0.717, 1.165) is 43.9 Å². The molecular formula is C26H30N4O4. The van der Waals surface area contributed by atoms with Crippen molar-refractivity contribution in [1.82, 2.24) is 20.0 Å². The molecule has 3 aromatic rings. The number of ether oxygens (including phenoxy) is 2. The number of amides is 1. The zero-order chi connectivity index (χ0) is 23.8. The van der Waals surface area contributed by atoms with Crippen LogP contribution in [0.15, 0.2) is 71.5 Å². The summed E-state index contributed by atoms with van der Waals surface area (Å²) in [5, 5.41) is 7.09. The summed E-state index contributed by atoms with van der Waals surface area (Å²) in [5.41, 5.74) is 1.40. The molecule has 0 aliphatic carbocycles. The second kappa shape index (κ2) is 11.6. The number of likely N-dealkylation sites (N-methyl/N-ethyl adjacent to an activating group) is 1. The van der Waals surface area contributed by atoms with Gasteiger partial charge in [-0.15, -0.1) is 0 Å². The minimum absolute atomic E-state index is 0.173. The number of aromatic nitrogens is 2. The van der Waals surface area contributed by atoms with Crippen molar-refractivity contribution >= 4 is 5.91 Å². The maximum Gasteiger partial charge on any atom is 0.272 e. The zero-order valence-corrected chi connectivity index (χ0v) is 19.4. The molecule has 0 saturated carbocycles. The lowest BCUT2D eigenvalue weighted by molar-refractivity contribution is 0.0392. The molecule has 0 atom stereocenters. The van der Waals surface area contributed by atoms with Crippen LogP contribution in [0.1, 0.15) is 28.9 Å². The predicted molar refractivity (Wildman–Crippen MR) is 129 cm³/mol. The Hall–Kier alpha value is -3.49. The molecule has 2 heterocycles. The van der Waals surface area contributed by atoms with Gasteiger partial charge >= 0.3 is 0 Å². The van der Waals surface area contributed by atoms with Crippen LogP contribution in [-0.2, 0) is 11.3 Å². The van der Waals surface area contributed by atoms with E-state index >= 15 is 0 Å². The molecule has 4 rings (SSSR count). The molecule has 1 fully saturated rings. The van der Waals surface area contributed by atoms with Crippen molar-refractivity contribution in [2.45, 2.75) is 25.4 Å². The molecule has 2 aromatic carbocycles. The molecule has 0 unspecified atom stereocenters. The Morgan fingerprint density at radius 1 is 1.12 bits per heavy atom. The standard InChI is InChI=1S/C26H30N4O4/c1-29(21-12-15-33-16-13-21)14-17-34-23-9-5-6-20(18-23)19-27-26(32)24-10-11-25(31)30(28-24)22-7-3-2-4-8-22/h2-11,18,21H,12-17,19H2,1H3,(H,27,32). The topological polar surface area (TPSA) is 85.7 Å². The van der Waals surface area contributed by atoms with Crippen molar-refractivity contribution in [3.63, 3.8) is 0 Å². The normalized spacial score (nSPS) is 14.2. The molecule has 0 bridgehead atoms. The fourth-order valence-corrected chi connectivity index (χ4v) is 3.92. The van der Waals surface area contributed by atoms with Gasteiger partial charge in [0, 0.05) is 38.4 Å². The predicted octanol–water partition coefficient (Wildman–Crippen LogP) is 2.65. The summed E-state index contributed by atoms with van der Waals surface area (Å²) in [5.74, 6) is 0.414. The second-order valence-corrected chi connectivity index (χ2v) is 8.31. The third kappa shape index (κ3) is 6.30. The number of hydrogen-bond acceptors (Lipinski definition) is 6. The largest absolute Gasteiger partial charge is 0.492 e. The molecule has 1 saturated heterocycles. The quantitative estimate of drug-likeness (QED) is 0.526. The molecule has 0 radical (unpaired) electrons. The van der Waals surface area contributed by atoms with Crippen molar-refractivity contribution in [2.24, 2.45) is 0 Å². The highest BCUT2D eigenvalue weighted by molar-refractivity contribution is 5.92. The molecule has 34 heavy (non-hydrogen) atoms. The van der Waals surface area contributed by atoms with E-state index < -0.39 is 0 Å². The van der Waals surface area contributed by atoms with E-state index in [0.29, 0.717) is 24.9 Å². The van der Waals surface area contributed by atoms with Crippen LogP contribution in [0.25, 0.3) is 5.69 Å². The summed E-state index contributed by atoms with van der Waals surface area (Å²) in [6, 6.07) is 20.0. The maximum absolute atomic E-state index is 12.7. The summed E-state index contributed by atoms with van der Waals surface area (Å²) in [6.07, 6.45) is 2.12. The van der Waals surface area contributed by atoms with Gasteiger partial charge in [0.15, 0.2) is 0 Å². The van der Waals surface area contributed by atoms with Gasteiger partial charge < -0.3 is 14.8 Å². The molecule has 1 aromatic heterocycles. The summed E-state index contributed by atoms with van der Waals surface area (Å²) >= 11 is 0. The number of rotatable bonds is 9. The number of para-hydroxylation sites is 1. The Bertz CT molecular complexity index is 1140. The Balaban J connectivity index is 1.30. The van der Waals surface area contributed by atoms with Gasteiger partial charge in [-0.3, -0.25) is 14.5 Å². The van der Waals surface area contributed by atoms with E-state index in [1.165, 1.54) is 16.8 Å². The lowest BCUT2D eigenvalue weighted by Gasteiger charge is -2.31. The van der Waals surface area contributed by atoms with Gasteiger partial charge in [-0.05, 0) is 55.8 Å². The van der Waals surface area contributed by atoms with Gasteiger partial charge in [0.25, 0.3) is 11.5 Å². The number of benzene rings is 2. The number of carbonyl (C=O) groups is 1. The molecular weight excluding hydrogens is 432 g/mol. The van der Waals surface area contributed by atoms with Crippen LogP contribution in [0.5, 0.6) is 5.75 Å². The molecule has 8 heteroatoms. The number of nitrogens with zero attached hydrogens (tertiary/aromatic N) is 3. The van der Waals surface area contributed by atoms with Crippen LogP contribution in [0.2, 0.25) is 0 Å². The Labute approximate surface area is 199 Å². The molecule has 1 N–H and O–H groups in total. The van der Waals surface area contributed by atoms with Crippen LogP contribution in [0.3, 0.4) is 0 Å². The Kier molecular flexibility index (Phi) is 8.06. The Morgan fingerprint density at radius 2 is 1.91 bits per heavy atom. The average Bonchev–Trinajstić information content (AvgIpc) is 2.89. The van der Waals surface area contributed by atoms with Gasteiger partial charge in [0.05, 0.1) is 5.69 Å². The minimum atomic E-state index is -0.353. The maximum atomic E-state index is 12.7. The molecule has 178 valence electrons. The van der Waals surface area contributed by atoms with Crippen molar-refractivity contribution < 1.29 is 14.3 Å². The highest BCUT2D eigenvalue weighted by atomic mass is 16.5. The molecule has 8 nitrogen and oxygen atoms in total. The van der Waals surface area contributed by atoms with Crippen LogP contribution in [0, 0.1) is 0 Å². The second-order valence-electron chi connectivity index (χ2n) is 8.31. The number of hydrogen-bond donors (Lipinski definition) is 1. The SMILES string of the molecule is CN(CCOc1cccc(CNC(=O)c2ccc(=O)n(-c3ccccc3)n2)c1)C1CCOCC1. The third-order valence-corrected chi connectivity index (χ3v) is 5.91. The van der Waals surface area contributed by atoms with Gasteiger partial charge in [0.1, 0.15) is 18.1 Å². The molecule has 1 aliphatic rings. The van der Waals surface area contributed by atoms with Crippen LogP contribution in [0.4, 0.5) is 0 Å². The van der Waals surface area contributed by atoms with Crippen molar-refractivity contribution in [3.8, 4) is 11.4 Å². The number of nitrogens with one attached hydrogen (secondary N) is 1. The number of carbonyl (C=O) groups excluding carboxylic acids is 1. The summed E-state index contributed by atoms with van der Waals surface area (Å²) < 4.78 is 12.6. The van der Waals surface area contributed by atoms with Crippen LogP contribution in [-0.4, -0.2) is 60.0 Å². The average molecular weight is 463 g/mol. The van der Waals surface area contributed by atoms with E-state index in [1.807, 2.05) is 42.5 Å². The smallest absolute Gasteiger partial charge is 0.272 e. The fraction of sp³-hybridized carbons (Fsp3) is 0.346. The van der Waals surface area contributed by atoms with E-state index in [-0.39, 0.29) is 17.2 Å². The molecule has 1 aliphatic heterocycles. The van der Waals surface area contributed by atoms with E-state index in [4.69, 9.17) is 9.47 Å². The van der Waals surface area contributed by atoms with Crippen LogP contribution >= 0.6 is 0 Å². The summed E-state index contributed by atoms with van der Waals surface area (Å²) in [7, 11) is 2.13. The molecule has 1 amide bonds. The van der Waals surface area contributed by atoms with Crippen molar-refractivity contribution in [1.29, 1.82) is 0 Å². The van der Waals surface area contributed by atoms with Crippen molar-refractivity contribution in [2.75, 3.05) is 33.4 Å². The van der Waals surface area contributed by atoms with E-state index in [1.54, 1.807) is 12.1 Å². The first-order valence-electron chi connectivity index (χ1n) is 11.5. The monoisotopic (exact) mass is 462 g/mol. The van der Waals surface area contributed by atoms with Gasteiger partial charge in [-0.1, -0.05) is 30.3 Å². The first-order chi connectivity index (χ1) is 16.6. The van der Waals surface area contributed by atoms with Crippen molar-refractivity contribution in [3.05, 3.63) is 88.3 Å². The van der Waals surface area contributed by atoms with E-state index in [9.17, 15) is 9.59 Å². The lowest BCUT2D eigenvalue weighted by atomic mass is 10.1. The molecule has 0 spiro atoms. The highest BCUT2D eigenvalue weighted by Gasteiger charge is 2.18. The van der Waals surface area contributed by atoms with Gasteiger partial charge in [0.2, 0.25) is 0 Å². The summed E-state index contributed by atoms with van der Waals surface area (Å²) in [6.45, 7) is 3.41. The van der Waals surface area contributed by atoms with Crippen LogP contribution < -0.4 is 15.6 Å². The first kappa shape index (κ1) is 23.7. The fourth-order valence-electron chi connectivity index (χ4n) is 3.92. The zero-order valence-electron chi connectivity index (χ0n) is 19.4.